The number of fused-ring (bicyclic) bond motifs is 1. The zero-order valence-electron chi connectivity index (χ0n) is 9.56. The van der Waals surface area contributed by atoms with Gasteiger partial charge in [-0.1, -0.05) is 13.8 Å². The smallest absolute Gasteiger partial charge is 0.250 e. The summed E-state index contributed by atoms with van der Waals surface area (Å²) in [6.07, 6.45) is 3.33. The van der Waals surface area contributed by atoms with Gasteiger partial charge in [-0.3, -0.25) is 4.79 Å². The number of primary amides is 1. The summed E-state index contributed by atoms with van der Waals surface area (Å²) >= 11 is 0. The number of aryl methyl sites for hydroxylation is 1. The van der Waals surface area contributed by atoms with Crippen LogP contribution in [0.3, 0.4) is 0 Å². The van der Waals surface area contributed by atoms with Crippen molar-refractivity contribution in [3.8, 4) is 0 Å². The number of nitrogens with zero attached hydrogens (tertiary/aromatic N) is 3. The molecule has 0 aliphatic carbocycles. The lowest BCUT2D eigenvalue weighted by atomic mass is 9.99. The van der Waals surface area contributed by atoms with E-state index in [1.807, 2.05) is 27.0 Å². The van der Waals surface area contributed by atoms with Crippen molar-refractivity contribution in [2.75, 3.05) is 0 Å². The lowest BCUT2D eigenvalue weighted by Gasteiger charge is -2.10. The first-order valence-electron chi connectivity index (χ1n) is 5.15. The average molecular weight is 218 g/mol. The van der Waals surface area contributed by atoms with Crippen molar-refractivity contribution in [1.29, 1.82) is 0 Å². The summed E-state index contributed by atoms with van der Waals surface area (Å²) in [5.41, 5.74) is 8.23. The fourth-order valence-electron chi connectivity index (χ4n) is 1.83. The van der Waals surface area contributed by atoms with Crippen LogP contribution in [0.5, 0.6) is 0 Å². The molecule has 0 bridgehead atoms. The zero-order chi connectivity index (χ0) is 11.9. The van der Waals surface area contributed by atoms with Gasteiger partial charge in [0.25, 0.3) is 5.91 Å². The summed E-state index contributed by atoms with van der Waals surface area (Å²) in [6.45, 7) is 5.90. The Hall–Kier alpha value is -1.91. The predicted molar refractivity (Wildman–Crippen MR) is 60.3 cm³/mol. The monoisotopic (exact) mass is 218 g/mol. The van der Waals surface area contributed by atoms with E-state index in [4.69, 9.17) is 5.73 Å². The number of hydrogen-bond acceptors (Lipinski definition) is 3. The van der Waals surface area contributed by atoms with Crippen molar-refractivity contribution in [2.45, 2.75) is 26.7 Å². The van der Waals surface area contributed by atoms with Crippen LogP contribution >= 0.6 is 0 Å². The molecule has 2 rings (SSSR count). The summed E-state index contributed by atoms with van der Waals surface area (Å²) in [5, 5.41) is 4.12. The van der Waals surface area contributed by atoms with Gasteiger partial charge in [-0.2, -0.15) is 5.10 Å². The van der Waals surface area contributed by atoms with Gasteiger partial charge in [-0.15, -0.1) is 0 Å². The molecule has 0 spiro atoms. The van der Waals surface area contributed by atoms with Gasteiger partial charge >= 0.3 is 0 Å². The Kier molecular flexibility index (Phi) is 2.38. The Morgan fingerprint density at radius 3 is 2.75 bits per heavy atom. The normalized spacial score (nSPS) is 11.2. The molecule has 0 aliphatic rings. The molecular formula is C11H14N4O. The van der Waals surface area contributed by atoms with E-state index in [1.165, 1.54) is 6.20 Å². The molecule has 84 valence electrons. The topological polar surface area (TPSA) is 73.3 Å². The van der Waals surface area contributed by atoms with Gasteiger partial charge < -0.3 is 5.73 Å². The summed E-state index contributed by atoms with van der Waals surface area (Å²) in [6, 6.07) is 0. The van der Waals surface area contributed by atoms with Crippen LogP contribution in [0.2, 0.25) is 0 Å². The molecule has 2 aromatic rings. The minimum absolute atomic E-state index is 0.176. The van der Waals surface area contributed by atoms with Crippen LogP contribution in [0.4, 0.5) is 0 Å². The quantitative estimate of drug-likeness (QED) is 0.824. The van der Waals surface area contributed by atoms with E-state index in [-0.39, 0.29) is 5.92 Å². The molecule has 0 atom stereocenters. The van der Waals surface area contributed by atoms with Crippen molar-refractivity contribution in [2.24, 2.45) is 5.73 Å². The van der Waals surface area contributed by atoms with Gasteiger partial charge in [0.1, 0.15) is 0 Å². The first-order chi connectivity index (χ1) is 7.50. The van der Waals surface area contributed by atoms with E-state index >= 15 is 0 Å². The van der Waals surface area contributed by atoms with Crippen molar-refractivity contribution in [3.05, 3.63) is 29.2 Å². The average Bonchev–Trinajstić information content (AvgIpc) is 2.55. The lowest BCUT2D eigenvalue weighted by Crippen LogP contribution is -2.16. The lowest BCUT2D eigenvalue weighted by molar-refractivity contribution is 0.0998. The molecule has 0 fully saturated rings. The number of aromatic nitrogens is 3. The zero-order valence-corrected chi connectivity index (χ0v) is 9.56. The molecule has 5 nitrogen and oxygen atoms in total. The molecule has 0 unspecified atom stereocenters. The minimum atomic E-state index is -0.459. The van der Waals surface area contributed by atoms with Gasteiger partial charge in [-0.05, 0) is 12.8 Å². The van der Waals surface area contributed by atoms with E-state index in [2.05, 4.69) is 10.1 Å². The van der Waals surface area contributed by atoms with Crippen molar-refractivity contribution in [3.63, 3.8) is 0 Å². The van der Waals surface area contributed by atoms with Crippen LogP contribution in [0.15, 0.2) is 12.4 Å². The molecule has 2 aromatic heterocycles. The van der Waals surface area contributed by atoms with E-state index in [0.717, 1.165) is 11.3 Å². The summed E-state index contributed by atoms with van der Waals surface area (Å²) < 4.78 is 1.68. The van der Waals surface area contributed by atoms with Gasteiger partial charge in [0.2, 0.25) is 0 Å². The third-order valence-corrected chi connectivity index (χ3v) is 2.49. The third kappa shape index (κ3) is 1.54. The Morgan fingerprint density at radius 2 is 2.19 bits per heavy atom. The Balaban J connectivity index is 2.83. The summed E-state index contributed by atoms with van der Waals surface area (Å²) in [7, 11) is 0. The van der Waals surface area contributed by atoms with Crippen molar-refractivity contribution < 1.29 is 4.79 Å². The van der Waals surface area contributed by atoms with Crippen LogP contribution in [-0.2, 0) is 0 Å². The van der Waals surface area contributed by atoms with E-state index < -0.39 is 5.91 Å². The molecular weight excluding hydrogens is 204 g/mol. The molecule has 0 radical (unpaired) electrons. The highest BCUT2D eigenvalue weighted by atomic mass is 16.1. The maximum absolute atomic E-state index is 11.3. The first-order valence-corrected chi connectivity index (χ1v) is 5.15. The molecule has 1 amide bonds. The van der Waals surface area contributed by atoms with Crippen molar-refractivity contribution >= 4 is 11.6 Å². The minimum Gasteiger partial charge on any atom is -0.366 e. The number of nitrogens with two attached hydrogens (primary N) is 1. The molecule has 0 aliphatic heterocycles. The number of amides is 1. The molecule has 2 N–H and O–H groups in total. The van der Waals surface area contributed by atoms with Crippen LogP contribution < -0.4 is 5.73 Å². The van der Waals surface area contributed by atoms with Crippen LogP contribution in [0.1, 0.15) is 41.4 Å². The van der Waals surface area contributed by atoms with E-state index in [9.17, 15) is 4.79 Å². The number of rotatable bonds is 2. The fraction of sp³-hybridized carbons (Fsp3) is 0.364. The first kappa shape index (κ1) is 10.6. The highest BCUT2D eigenvalue weighted by Crippen LogP contribution is 2.23. The number of carbonyl (C=O) groups excluding carboxylic acids is 1. The number of carbonyl (C=O) groups is 1. The molecule has 0 saturated heterocycles. The summed E-state index contributed by atoms with van der Waals surface area (Å²) in [4.78, 5) is 15.7. The second-order valence-electron chi connectivity index (χ2n) is 4.14. The maximum atomic E-state index is 11.3. The highest BCUT2D eigenvalue weighted by Gasteiger charge is 2.17. The Morgan fingerprint density at radius 1 is 1.50 bits per heavy atom. The maximum Gasteiger partial charge on any atom is 0.250 e. The second kappa shape index (κ2) is 3.59. The Labute approximate surface area is 93.3 Å². The van der Waals surface area contributed by atoms with Gasteiger partial charge in [0, 0.05) is 5.56 Å². The van der Waals surface area contributed by atoms with Crippen molar-refractivity contribution in [1.82, 2.24) is 14.6 Å². The van der Waals surface area contributed by atoms with Gasteiger partial charge in [0.05, 0.1) is 23.7 Å². The van der Waals surface area contributed by atoms with E-state index in [1.54, 1.807) is 4.52 Å². The highest BCUT2D eigenvalue weighted by molar-refractivity contribution is 5.95. The molecule has 16 heavy (non-hydrogen) atoms. The fourth-order valence-corrected chi connectivity index (χ4v) is 1.83. The molecule has 5 heteroatoms. The number of imidazole rings is 1. The second-order valence-corrected chi connectivity index (χ2v) is 4.14. The SMILES string of the molecule is Cc1cn2ncc(C(N)=O)c(C(C)C)c2n1. The molecule has 0 saturated carbocycles. The largest absolute Gasteiger partial charge is 0.366 e. The number of hydrogen-bond donors (Lipinski definition) is 1. The van der Waals surface area contributed by atoms with Gasteiger partial charge in [-0.25, -0.2) is 9.50 Å². The van der Waals surface area contributed by atoms with Crippen LogP contribution in [0, 0.1) is 6.92 Å². The molecule has 0 aromatic carbocycles. The van der Waals surface area contributed by atoms with Crippen LogP contribution in [-0.4, -0.2) is 20.5 Å². The predicted octanol–water partition coefficient (Wildman–Crippen LogP) is 1.26. The van der Waals surface area contributed by atoms with Gasteiger partial charge in [0.15, 0.2) is 5.65 Å². The third-order valence-electron chi connectivity index (χ3n) is 2.49. The van der Waals surface area contributed by atoms with Crippen LogP contribution in [0.25, 0.3) is 5.65 Å². The standard InChI is InChI=1S/C11H14N4O/c1-6(2)9-8(10(12)16)4-13-15-5-7(3)14-11(9)15/h4-6H,1-3H3,(H2,12,16). The molecule has 2 heterocycles. The summed E-state index contributed by atoms with van der Waals surface area (Å²) in [5.74, 6) is -0.283. The Bertz CT molecular complexity index is 556. The van der Waals surface area contributed by atoms with E-state index in [0.29, 0.717) is 11.2 Å².